The van der Waals surface area contributed by atoms with Gasteiger partial charge in [-0.25, -0.2) is 0 Å². The first-order chi connectivity index (χ1) is 8.11. The van der Waals surface area contributed by atoms with Gasteiger partial charge in [-0.3, -0.25) is 4.98 Å². The van der Waals surface area contributed by atoms with E-state index in [-0.39, 0.29) is 0 Å². The molecule has 0 N–H and O–H groups in total. The Morgan fingerprint density at radius 3 is 2.18 bits per heavy atom. The minimum atomic E-state index is 0.355. The van der Waals surface area contributed by atoms with Crippen molar-refractivity contribution in [3.05, 3.63) is 45.7 Å². The van der Waals surface area contributed by atoms with Crippen molar-refractivity contribution in [3.8, 4) is 16.9 Å². The van der Waals surface area contributed by atoms with Crippen LogP contribution in [0.3, 0.4) is 0 Å². The van der Waals surface area contributed by atoms with E-state index >= 15 is 0 Å². The summed E-state index contributed by atoms with van der Waals surface area (Å²) in [5.41, 5.74) is 1.71. The molecule has 0 amide bonds. The lowest BCUT2D eigenvalue weighted by Gasteiger charge is -2.06. The van der Waals surface area contributed by atoms with Crippen LogP contribution in [0.4, 0.5) is 0 Å². The first-order valence-electron chi connectivity index (χ1n) is 4.76. The van der Waals surface area contributed by atoms with Crippen LogP contribution in [-0.2, 0) is 0 Å². The molecule has 88 valence electrons. The quantitative estimate of drug-likeness (QED) is 0.746. The van der Waals surface area contributed by atoms with Gasteiger partial charge in [-0.1, -0.05) is 34.8 Å². The summed E-state index contributed by atoms with van der Waals surface area (Å²) in [5, 5.41) is 1.18. The summed E-state index contributed by atoms with van der Waals surface area (Å²) in [7, 11) is 1.59. The first-order valence-corrected chi connectivity index (χ1v) is 5.89. The van der Waals surface area contributed by atoms with E-state index in [2.05, 4.69) is 4.98 Å². The number of ether oxygens (including phenoxy) is 1. The molecule has 0 aliphatic rings. The molecule has 0 bridgehead atoms. The molecular weight excluding hydrogens is 280 g/mol. The molecule has 17 heavy (non-hydrogen) atoms. The highest BCUT2D eigenvalue weighted by atomic mass is 35.5. The Kier molecular flexibility index (Phi) is 3.77. The Morgan fingerprint density at radius 2 is 1.59 bits per heavy atom. The maximum absolute atomic E-state index is 5.97. The van der Waals surface area contributed by atoms with E-state index in [4.69, 9.17) is 39.5 Å². The largest absolute Gasteiger partial charge is 0.495 e. The lowest BCUT2D eigenvalue weighted by molar-refractivity contribution is 0.413. The Hall–Kier alpha value is -0.960. The molecule has 2 aromatic rings. The van der Waals surface area contributed by atoms with Crippen LogP contribution in [0.5, 0.6) is 5.75 Å². The fourth-order valence-corrected chi connectivity index (χ4v) is 2.01. The molecule has 0 atom stereocenters. The number of methoxy groups -OCH3 is 1. The van der Waals surface area contributed by atoms with E-state index in [1.54, 1.807) is 31.6 Å². The molecule has 0 spiro atoms. The van der Waals surface area contributed by atoms with Gasteiger partial charge in [0, 0.05) is 11.8 Å². The molecule has 2 nitrogen and oxygen atoms in total. The van der Waals surface area contributed by atoms with E-state index in [0.29, 0.717) is 20.8 Å². The molecule has 0 aliphatic carbocycles. The molecule has 0 fully saturated rings. The summed E-state index contributed by atoms with van der Waals surface area (Å²) in [4.78, 5) is 4.07. The normalized spacial score (nSPS) is 10.4. The van der Waals surface area contributed by atoms with Gasteiger partial charge in [0.25, 0.3) is 0 Å². The zero-order chi connectivity index (χ0) is 12.4. The Morgan fingerprint density at radius 1 is 0.941 bits per heavy atom. The van der Waals surface area contributed by atoms with Crippen LogP contribution in [0.25, 0.3) is 11.1 Å². The van der Waals surface area contributed by atoms with Gasteiger partial charge < -0.3 is 4.74 Å². The van der Waals surface area contributed by atoms with E-state index < -0.39 is 0 Å². The van der Waals surface area contributed by atoms with Gasteiger partial charge in [0.05, 0.1) is 28.4 Å². The van der Waals surface area contributed by atoms with E-state index in [1.165, 1.54) is 0 Å². The zero-order valence-electron chi connectivity index (χ0n) is 8.88. The third-order valence-corrected chi connectivity index (χ3v) is 3.46. The second kappa shape index (κ2) is 5.13. The van der Waals surface area contributed by atoms with Gasteiger partial charge in [0.15, 0.2) is 0 Å². The van der Waals surface area contributed by atoms with Crippen LogP contribution >= 0.6 is 34.8 Å². The molecule has 1 heterocycles. The number of rotatable bonds is 2. The van der Waals surface area contributed by atoms with Crippen LogP contribution in [0.2, 0.25) is 15.1 Å². The number of halogens is 3. The van der Waals surface area contributed by atoms with Gasteiger partial charge >= 0.3 is 0 Å². The third-order valence-electron chi connectivity index (χ3n) is 2.27. The van der Waals surface area contributed by atoms with Crippen molar-refractivity contribution in [1.82, 2.24) is 4.98 Å². The molecule has 0 saturated heterocycles. The van der Waals surface area contributed by atoms with Crippen LogP contribution in [0.1, 0.15) is 0 Å². The van der Waals surface area contributed by atoms with Crippen molar-refractivity contribution in [2.45, 2.75) is 0 Å². The average Bonchev–Trinajstić information content (AvgIpc) is 2.35. The lowest BCUT2D eigenvalue weighted by Crippen LogP contribution is -1.86. The molecule has 5 heteroatoms. The first kappa shape index (κ1) is 12.5. The van der Waals surface area contributed by atoms with E-state index in [0.717, 1.165) is 11.1 Å². The van der Waals surface area contributed by atoms with Crippen LogP contribution in [-0.4, -0.2) is 12.1 Å². The number of aromatic nitrogens is 1. The predicted octanol–water partition coefficient (Wildman–Crippen LogP) is 4.72. The zero-order valence-corrected chi connectivity index (χ0v) is 11.1. The number of hydrogen-bond acceptors (Lipinski definition) is 2. The Labute approximate surface area is 114 Å². The molecule has 0 unspecified atom stereocenters. The number of hydrogen-bond donors (Lipinski definition) is 0. The molecule has 0 aliphatic heterocycles. The summed E-state index contributed by atoms with van der Waals surface area (Å²) in [6.45, 7) is 0. The average molecular weight is 289 g/mol. The summed E-state index contributed by atoms with van der Waals surface area (Å²) in [6, 6.07) is 5.33. The number of nitrogens with zero attached hydrogens (tertiary/aromatic N) is 1. The highest BCUT2D eigenvalue weighted by Gasteiger charge is 2.08. The maximum atomic E-state index is 5.97. The second-order valence-electron chi connectivity index (χ2n) is 3.37. The van der Waals surface area contributed by atoms with Gasteiger partial charge in [0.2, 0.25) is 0 Å². The number of benzene rings is 1. The summed E-state index contributed by atoms with van der Waals surface area (Å²) < 4.78 is 5.11. The number of pyridine rings is 1. The summed E-state index contributed by atoms with van der Waals surface area (Å²) in [5.74, 6) is 0.671. The van der Waals surface area contributed by atoms with Crippen LogP contribution in [0, 0.1) is 0 Å². The van der Waals surface area contributed by atoms with E-state index in [1.807, 2.05) is 6.07 Å². The van der Waals surface area contributed by atoms with Crippen molar-refractivity contribution >= 4 is 34.8 Å². The van der Waals surface area contributed by atoms with Gasteiger partial charge in [-0.05, 0) is 23.8 Å². The van der Waals surface area contributed by atoms with Gasteiger partial charge in [-0.2, -0.15) is 0 Å². The molecular formula is C12H8Cl3NO. The van der Waals surface area contributed by atoms with Gasteiger partial charge in [-0.15, -0.1) is 0 Å². The highest BCUT2D eigenvalue weighted by Crippen LogP contribution is 2.35. The molecule has 1 aromatic heterocycles. The smallest absolute Gasteiger partial charge is 0.137 e. The predicted molar refractivity (Wildman–Crippen MR) is 71.3 cm³/mol. The highest BCUT2D eigenvalue weighted by molar-refractivity contribution is 6.48. The van der Waals surface area contributed by atoms with Gasteiger partial charge in [0.1, 0.15) is 5.75 Å². The van der Waals surface area contributed by atoms with Crippen molar-refractivity contribution in [2.24, 2.45) is 0 Å². The molecule has 0 saturated carbocycles. The molecule has 2 rings (SSSR count). The standard InChI is InChI=1S/C12H8Cl3NO/c1-17-9-2-8(5-16-6-9)7-3-10(13)12(15)11(14)4-7/h2-6H,1H3. The Balaban J connectivity index is 2.52. The van der Waals surface area contributed by atoms with Crippen molar-refractivity contribution in [1.29, 1.82) is 0 Å². The van der Waals surface area contributed by atoms with Crippen LogP contribution in [0.15, 0.2) is 30.6 Å². The van der Waals surface area contributed by atoms with Crippen LogP contribution < -0.4 is 4.74 Å². The molecule has 1 aromatic carbocycles. The Bertz CT molecular complexity index is 534. The summed E-state index contributed by atoms with van der Waals surface area (Å²) >= 11 is 17.8. The third kappa shape index (κ3) is 2.65. The van der Waals surface area contributed by atoms with Crippen molar-refractivity contribution < 1.29 is 4.74 Å². The van der Waals surface area contributed by atoms with E-state index in [9.17, 15) is 0 Å². The monoisotopic (exact) mass is 287 g/mol. The topological polar surface area (TPSA) is 22.1 Å². The van der Waals surface area contributed by atoms with Crippen molar-refractivity contribution in [3.63, 3.8) is 0 Å². The second-order valence-corrected chi connectivity index (χ2v) is 4.56. The summed E-state index contributed by atoms with van der Waals surface area (Å²) in [6.07, 6.45) is 3.33. The van der Waals surface area contributed by atoms with Crippen molar-refractivity contribution in [2.75, 3.05) is 7.11 Å². The molecule has 0 radical (unpaired) electrons. The fourth-order valence-electron chi connectivity index (χ4n) is 1.41. The SMILES string of the molecule is COc1cncc(-c2cc(Cl)c(Cl)c(Cl)c2)c1. The maximum Gasteiger partial charge on any atom is 0.137 e. The fraction of sp³-hybridized carbons (Fsp3) is 0.0833. The minimum Gasteiger partial charge on any atom is -0.495 e. The minimum absolute atomic E-state index is 0.355. The lowest BCUT2D eigenvalue weighted by atomic mass is 10.1.